The summed E-state index contributed by atoms with van der Waals surface area (Å²) in [6.45, 7) is 0. The maximum absolute atomic E-state index is 6.45. The summed E-state index contributed by atoms with van der Waals surface area (Å²) in [4.78, 5) is 0. The first-order chi connectivity index (χ1) is 16.9. The zero-order valence-electron chi connectivity index (χ0n) is 18.3. The van der Waals surface area contributed by atoms with E-state index < -0.39 is 0 Å². The summed E-state index contributed by atoms with van der Waals surface area (Å²) in [5, 5.41) is 9.76. The highest BCUT2D eigenvalue weighted by Crippen LogP contribution is 2.45. The molecule has 0 aliphatic rings. The molecule has 0 radical (unpaired) electrons. The van der Waals surface area contributed by atoms with Crippen LogP contribution in [0.15, 0.2) is 120 Å². The summed E-state index contributed by atoms with van der Waals surface area (Å²) < 4.78 is 8.88. The van der Waals surface area contributed by atoms with Crippen LogP contribution in [-0.2, 0) is 0 Å². The Morgan fingerprint density at radius 3 is 1.94 bits per heavy atom. The number of fused-ring (bicyclic) bond motifs is 12. The Kier molecular flexibility index (Phi) is 3.42. The fourth-order valence-corrected chi connectivity index (χ4v) is 5.79. The zero-order chi connectivity index (χ0) is 22.2. The van der Waals surface area contributed by atoms with Crippen LogP contribution in [0.25, 0.3) is 71.0 Å². The fraction of sp³-hybridized carbons (Fsp3) is 0. The molecule has 2 aromatic heterocycles. The van der Waals surface area contributed by atoms with Crippen LogP contribution in [-0.4, -0.2) is 4.57 Å². The predicted octanol–water partition coefficient (Wildman–Crippen LogP) is 8.99. The van der Waals surface area contributed by atoms with Gasteiger partial charge in [0.05, 0.1) is 11.0 Å². The SMILES string of the molecule is c1ccc(-n2c3ccccc3c3ccc4c5c6ccccc6oc5c5ccccc5c4c32)cc1. The molecule has 2 heterocycles. The third kappa shape index (κ3) is 2.20. The molecule has 0 bridgehead atoms. The largest absolute Gasteiger partial charge is 0.455 e. The maximum atomic E-state index is 6.45. The minimum atomic E-state index is 0.929. The van der Waals surface area contributed by atoms with E-state index in [4.69, 9.17) is 4.42 Å². The first-order valence-electron chi connectivity index (χ1n) is 11.6. The second-order valence-electron chi connectivity index (χ2n) is 8.92. The molecular formula is C32H19NO. The van der Waals surface area contributed by atoms with E-state index in [1.165, 1.54) is 49.0 Å². The molecule has 0 aliphatic heterocycles. The van der Waals surface area contributed by atoms with E-state index in [-0.39, 0.29) is 0 Å². The summed E-state index contributed by atoms with van der Waals surface area (Å²) >= 11 is 0. The Morgan fingerprint density at radius 2 is 1.09 bits per heavy atom. The summed E-state index contributed by atoms with van der Waals surface area (Å²) in [5.74, 6) is 0. The van der Waals surface area contributed by atoms with Gasteiger partial charge in [-0.05, 0) is 35.0 Å². The number of hydrogen-bond donors (Lipinski definition) is 0. The van der Waals surface area contributed by atoms with Crippen LogP contribution in [0.5, 0.6) is 0 Å². The second kappa shape index (κ2) is 6.49. The van der Waals surface area contributed by atoms with E-state index >= 15 is 0 Å². The van der Waals surface area contributed by atoms with Crippen molar-refractivity contribution in [3.05, 3.63) is 115 Å². The molecule has 0 spiro atoms. The van der Waals surface area contributed by atoms with Gasteiger partial charge in [-0.2, -0.15) is 0 Å². The van der Waals surface area contributed by atoms with Crippen LogP contribution in [0.1, 0.15) is 0 Å². The number of rotatable bonds is 1. The third-order valence-corrected chi connectivity index (χ3v) is 7.16. The Bertz CT molecular complexity index is 2060. The molecule has 0 amide bonds. The number of aromatic nitrogens is 1. The topological polar surface area (TPSA) is 18.1 Å². The van der Waals surface area contributed by atoms with Crippen molar-refractivity contribution in [3.8, 4) is 5.69 Å². The maximum Gasteiger partial charge on any atom is 0.143 e. The van der Waals surface area contributed by atoms with Gasteiger partial charge in [0.25, 0.3) is 0 Å². The third-order valence-electron chi connectivity index (χ3n) is 7.16. The van der Waals surface area contributed by atoms with Gasteiger partial charge in [-0.15, -0.1) is 0 Å². The summed E-state index contributed by atoms with van der Waals surface area (Å²) in [5.41, 5.74) is 5.53. The molecule has 8 aromatic rings. The normalized spacial score (nSPS) is 12.1. The molecule has 0 unspecified atom stereocenters. The lowest BCUT2D eigenvalue weighted by molar-refractivity contribution is 0.673. The molecule has 158 valence electrons. The number of benzene rings is 6. The smallest absolute Gasteiger partial charge is 0.143 e. The molecule has 34 heavy (non-hydrogen) atoms. The fourth-order valence-electron chi connectivity index (χ4n) is 5.79. The molecule has 8 rings (SSSR count). The monoisotopic (exact) mass is 433 g/mol. The van der Waals surface area contributed by atoms with E-state index in [2.05, 4.69) is 114 Å². The van der Waals surface area contributed by atoms with Crippen molar-refractivity contribution in [1.29, 1.82) is 0 Å². The van der Waals surface area contributed by atoms with Crippen LogP contribution >= 0.6 is 0 Å². The summed E-state index contributed by atoms with van der Waals surface area (Å²) in [6.07, 6.45) is 0. The highest BCUT2D eigenvalue weighted by atomic mass is 16.3. The molecule has 0 aliphatic carbocycles. The number of furan rings is 1. The van der Waals surface area contributed by atoms with Gasteiger partial charge in [0.15, 0.2) is 0 Å². The molecule has 0 saturated carbocycles. The van der Waals surface area contributed by atoms with Crippen molar-refractivity contribution in [2.24, 2.45) is 0 Å². The molecule has 0 saturated heterocycles. The zero-order valence-corrected chi connectivity index (χ0v) is 18.3. The average molecular weight is 434 g/mol. The van der Waals surface area contributed by atoms with Crippen molar-refractivity contribution in [1.82, 2.24) is 4.57 Å². The van der Waals surface area contributed by atoms with Crippen LogP contribution in [0, 0.1) is 0 Å². The Morgan fingerprint density at radius 1 is 0.441 bits per heavy atom. The molecule has 2 nitrogen and oxygen atoms in total. The van der Waals surface area contributed by atoms with Crippen molar-refractivity contribution in [2.45, 2.75) is 0 Å². The van der Waals surface area contributed by atoms with Crippen LogP contribution < -0.4 is 0 Å². The van der Waals surface area contributed by atoms with Crippen molar-refractivity contribution in [2.75, 3.05) is 0 Å². The molecule has 6 aromatic carbocycles. The van der Waals surface area contributed by atoms with E-state index in [0.717, 1.165) is 21.9 Å². The van der Waals surface area contributed by atoms with E-state index in [1.807, 2.05) is 6.07 Å². The lowest BCUT2D eigenvalue weighted by Crippen LogP contribution is -1.94. The summed E-state index contributed by atoms with van der Waals surface area (Å²) in [7, 11) is 0. The lowest BCUT2D eigenvalue weighted by Gasteiger charge is -2.12. The highest BCUT2D eigenvalue weighted by molar-refractivity contribution is 6.36. The standard InChI is InChI=1S/C32H19NO/c1-2-10-20(11-3-1)33-27-16-8-6-12-21(27)23-18-19-26-29(31(23)33)22-13-4-5-14-24(22)32-30(26)25-15-7-9-17-28(25)34-32/h1-19H. The lowest BCUT2D eigenvalue weighted by atomic mass is 9.95. The van der Waals surface area contributed by atoms with Crippen molar-refractivity contribution < 1.29 is 4.42 Å². The number of nitrogens with zero attached hydrogens (tertiary/aromatic N) is 1. The van der Waals surface area contributed by atoms with Crippen LogP contribution in [0.2, 0.25) is 0 Å². The van der Waals surface area contributed by atoms with Gasteiger partial charge in [-0.1, -0.05) is 91.0 Å². The quantitative estimate of drug-likeness (QED) is 0.236. The molecule has 0 fully saturated rings. The summed E-state index contributed by atoms with van der Waals surface area (Å²) in [6, 6.07) is 41.0. The molecular weight excluding hydrogens is 414 g/mol. The van der Waals surface area contributed by atoms with Crippen molar-refractivity contribution in [3.63, 3.8) is 0 Å². The minimum absolute atomic E-state index is 0.929. The number of para-hydroxylation sites is 3. The minimum Gasteiger partial charge on any atom is -0.455 e. The predicted molar refractivity (Wildman–Crippen MR) is 143 cm³/mol. The number of hydrogen-bond acceptors (Lipinski definition) is 1. The Balaban J connectivity index is 1.75. The van der Waals surface area contributed by atoms with Gasteiger partial charge in [-0.25, -0.2) is 0 Å². The van der Waals surface area contributed by atoms with Crippen molar-refractivity contribution >= 4 is 65.3 Å². The average Bonchev–Trinajstić information content (AvgIpc) is 3.46. The first kappa shape index (κ1) is 17.9. The Hall–Kier alpha value is -4.56. The molecule has 0 N–H and O–H groups in total. The van der Waals surface area contributed by atoms with E-state index in [9.17, 15) is 0 Å². The second-order valence-corrected chi connectivity index (χ2v) is 8.92. The van der Waals surface area contributed by atoms with Gasteiger partial charge in [0.2, 0.25) is 0 Å². The van der Waals surface area contributed by atoms with Crippen LogP contribution in [0.4, 0.5) is 0 Å². The van der Waals surface area contributed by atoms with Gasteiger partial charge in [-0.3, -0.25) is 0 Å². The van der Waals surface area contributed by atoms with E-state index in [1.54, 1.807) is 0 Å². The highest BCUT2D eigenvalue weighted by Gasteiger charge is 2.21. The molecule has 0 atom stereocenters. The van der Waals surface area contributed by atoms with E-state index in [0.29, 0.717) is 0 Å². The first-order valence-corrected chi connectivity index (χ1v) is 11.6. The molecule has 2 heteroatoms. The van der Waals surface area contributed by atoms with Crippen LogP contribution in [0.3, 0.4) is 0 Å². The Labute approximate surface area is 195 Å². The van der Waals surface area contributed by atoms with Gasteiger partial charge in [0.1, 0.15) is 11.2 Å². The van der Waals surface area contributed by atoms with Gasteiger partial charge in [0, 0.05) is 38.0 Å². The van der Waals surface area contributed by atoms with Gasteiger partial charge >= 0.3 is 0 Å². The van der Waals surface area contributed by atoms with Gasteiger partial charge < -0.3 is 8.98 Å².